The fraction of sp³-hybridized carbons (Fsp3) is 0.0500. The minimum absolute atomic E-state index is 0.01000. The zero-order valence-electron chi connectivity index (χ0n) is 13.8. The van der Waals surface area contributed by atoms with Gasteiger partial charge in [0.05, 0.1) is 16.6 Å². The van der Waals surface area contributed by atoms with Gasteiger partial charge in [-0.3, -0.25) is 10.1 Å². The van der Waals surface area contributed by atoms with E-state index in [2.05, 4.69) is 0 Å². The number of nitro groups is 1. The van der Waals surface area contributed by atoms with Gasteiger partial charge in [-0.25, -0.2) is 4.39 Å². The van der Waals surface area contributed by atoms with Crippen molar-refractivity contribution in [3.05, 3.63) is 87.4 Å². The molecule has 0 radical (unpaired) electrons. The monoisotopic (exact) mass is 348 g/mol. The van der Waals surface area contributed by atoms with Crippen molar-refractivity contribution in [2.45, 2.75) is 6.92 Å². The fourth-order valence-electron chi connectivity index (χ4n) is 2.59. The van der Waals surface area contributed by atoms with Crippen LogP contribution in [0, 0.1) is 34.2 Å². The third-order valence-electron chi connectivity index (χ3n) is 3.86. The molecule has 0 saturated carbocycles. The maximum atomic E-state index is 13.4. The summed E-state index contributed by atoms with van der Waals surface area (Å²) in [6.07, 6.45) is 1.53. The molecule has 0 atom stereocenters. The summed E-state index contributed by atoms with van der Waals surface area (Å²) in [5, 5.41) is 20.2. The van der Waals surface area contributed by atoms with E-state index < -0.39 is 10.7 Å². The first-order valence-corrected chi connectivity index (χ1v) is 7.71. The Kier molecular flexibility index (Phi) is 4.63. The van der Waals surface area contributed by atoms with Gasteiger partial charge in [0.1, 0.15) is 17.3 Å². The van der Waals surface area contributed by atoms with Crippen molar-refractivity contribution < 1.29 is 13.7 Å². The molecule has 0 unspecified atom stereocenters. The van der Waals surface area contributed by atoms with Crippen molar-refractivity contribution in [2.24, 2.45) is 0 Å². The second kappa shape index (κ2) is 7.03. The van der Waals surface area contributed by atoms with Gasteiger partial charge in [0.25, 0.3) is 5.69 Å². The molecule has 0 aliphatic heterocycles. The number of hydrogen-bond acceptors (Lipinski definition) is 4. The summed E-state index contributed by atoms with van der Waals surface area (Å²) in [5.41, 5.74) is 2.16. The van der Waals surface area contributed by atoms with E-state index in [4.69, 9.17) is 4.42 Å². The molecule has 3 aromatic rings. The van der Waals surface area contributed by atoms with Crippen molar-refractivity contribution in [3.8, 4) is 17.4 Å². The lowest BCUT2D eigenvalue weighted by molar-refractivity contribution is -0.384. The molecule has 0 fully saturated rings. The molecule has 3 rings (SSSR count). The number of aryl methyl sites for hydroxylation is 1. The van der Waals surface area contributed by atoms with Gasteiger partial charge in [0.2, 0.25) is 0 Å². The van der Waals surface area contributed by atoms with Crippen LogP contribution in [0.25, 0.3) is 23.0 Å². The standard InChI is InChI=1S/C20H13FN2O3/c1-13-9-17(23(24)25)5-7-19(13)20-8-6-18(26-20)11-15(12-22)14-3-2-4-16(21)10-14/h2-11H,1H3/b15-11+. The highest BCUT2D eigenvalue weighted by molar-refractivity contribution is 5.88. The van der Waals surface area contributed by atoms with Crippen LogP contribution < -0.4 is 0 Å². The Morgan fingerprint density at radius 1 is 1.23 bits per heavy atom. The molecule has 0 amide bonds. The lowest BCUT2D eigenvalue weighted by Gasteiger charge is -2.02. The van der Waals surface area contributed by atoms with Crippen LogP contribution in [0.15, 0.2) is 59.0 Å². The molecule has 0 saturated heterocycles. The van der Waals surface area contributed by atoms with Gasteiger partial charge in [-0.2, -0.15) is 5.26 Å². The van der Waals surface area contributed by atoms with E-state index >= 15 is 0 Å². The largest absolute Gasteiger partial charge is 0.457 e. The molecular weight excluding hydrogens is 335 g/mol. The smallest absolute Gasteiger partial charge is 0.269 e. The number of furan rings is 1. The summed E-state index contributed by atoms with van der Waals surface area (Å²) in [5.74, 6) is 0.532. The number of rotatable bonds is 4. The van der Waals surface area contributed by atoms with E-state index in [1.807, 2.05) is 6.07 Å². The van der Waals surface area contributed by atoms with Crippen molar-refractivity contribution in [1.29, 1.82) is 5.26 Å². The number of nitro benzene ring substituents is 1. The van der Waals surface area contributed by atoms with Gasteiger partial charge < -0.3 is 4.42 Å². The Balaban J connectivity index is 1.95. The molecule has 0 aliphatic carbocycles. The highest BCUT2D eigenvalue weighted by Gasteiger charge is 2.12. The Morgan fingerprint density at radius 2 is 2.04 bits per heavy atom. The number of allylic oxidation sites excluding steroid dienone is 1. The maximum absolute atomic E-state index is 13.4. The summed E-state index contributed by atoms with van der Waals surface area (Å²) < 4.78 is 19.1. The van der Waals surface area contributed by atoms with Gasteiger partial charge in [-0.1, -0.05) is 12.1 Å². The highest BCUT2D eigenvalue weighted by Crippen LogP contribution is 2.29. The lowest BCUT2D eigenvalue weighted by atomic mass is 10.1. The number of nitriles is 1. The second-order valence-corrected chi connectivity index (χ2v) is 5.64. The first kappa shape index (κ1) is 17.1. The van der Waals surface area contributed by atoms with Crippen LogP contribution in [-0.4, -0.2) is 4.92 Å². The van der Waals surface area contributed by atoms with Crippen LogP contribution >= 0.6 is 0 Å². The van der Waals surface area contributed by atoms with E-state index in [1.54, 1.807) is 31.2 Å². The summed E-state index contributed by atoms with van der Waals surface area (Å²) in [6, 6.07) is 15.7. The minimum atomic E-state index is -0.453. The number of nitrogens with zero attached hydrogens (tertiary/aromatic N) is 2. The summed E-state index contributed by atoms with van der Waals surface area (Å²) in [7, 11) is 0. The molecule has 128 valence electrons. The maximum Gasteiger partial charge on any atom is 0.269 e. The molecule has 0 bridgehead atoms. The molecular formula is C20H13FN2O3. The second-order valence-electron chi connectivity index (χ2n) is 5.64. The van der Waals surface area contributed by atoms with Crippen molar-refractivity contribution >= 4 is 17.3 Å². The third kappa shape index (κ3) is 3.52. The Morgan fingerprint density at radius 3 is 2.69 bits per heavy atom. The van der Waals surface area contributed by atoms with Crippen LogP contribution in [0.1, 0.15) is 16.9 Å². The predicted molar refractivity (Wildman–Crippen MR) is 95.4 cm³/mol. The van der Waals surface area contributed by atoms with Gasteiger partial charge in [0.15, 0.2) is 0 Å². The Bertz CT molecular complexity index is 1060. The molecule has 0 aliphatic rings. The van der Waals surface area contributed by atoms with Crippen LogP contribution in [0.5, 0.6) is 0 Å². The molecule has 26 heavy (non-hydrogen) atoms. The molecule has 0 spiro atoms. The Hall–Kier alpha value is -3.72. The average Bonchev–Trinajstić information content (AvgIpc) is 3.07. The third-order valence-corrected chi connectivity index (χ3v) is 3.86. The molecule has 0 N–H and O–H groups in total. The van der Waals surface area contributed by atoms with Crippen LogP contribution in [-0.2, 0) is 0 Å². The topological polar surface area (TPSA) is 80.1 Å². The normalized spacial score (nSPS) is 11.2. The van der Waals surface area contributed by atoms with Crippen LogP contribution in [0.3, 0.4) is 0 Å². The minimum Gasteiger partial charge on any atom is -0.457 e. The zero-order chi connectivity index (χ0) is 18.7. The average molecular weight is 348 g/mol. The van der Waals surface area contributed by atoms with E-state index in [0.717, 1.165) is 5.56 Å². The molecule has 5 nitrogen and oxygen atoms in total. The number of non-ortho nitro benzene ring substituents is 1. The van der Waals surface area contributed by atoms with Gasteiger partial charge in [0, 0.05) is 17.7 Å². The SMILES string of the molecule is Cc1cc([N+](=O)[O-])ccc1-c1ccc(/C=C(\C#N)c2cccc(F)c2)o1. The predicted octanol–water partition coefficient (Wildman–Crippen LogP) is 5.37. The summed E-state index contributed by atoms with van der Waals surface area (Å²) in [6.45, 7) is 1.76. The fourth-order valence-corrected chi connectivity index (χ4v) is 2.59. The molecule has 6 heteroatoms. The van der Waals surface area contributed by atoms with Crippen molar-refractivity contribution in [1.82, 2.24) is 0 Å². The van der Waals surface area contributed by atoms with E-state index in [9.17, 15) is 19.8 Å². The van der Waals surface area contributed by atoms with E-state index in [0.29, 0.717) is 22.6 Å². The van der Waals surface area contributed by atoms with Gasteiger partial charge in [-0.05, 0) is 54.5 Å². The van der Waals surface area contributed by atoms with Crippen molar-refractivity contribution in [2.75, 3.05) is 0 Å². The lowest BCUT2D eigenvalue weighted by Crippen LogP contribution is -1.89. The summed E-state index contributed by atoms with van der Waals surface area (Å²) >= 11 is 0. The molecule has 1 aromatic heterocycles. The van der Waals surface area contributed by atoms with E-state index in [1.165, 1.54) is 36.4 Å². The van der Waals surface area contributed by atoms with Crippen molar-refractivity contribution in [3.63, 3.8) is 0 Å². The van der Waals surface area contributed by atoms with Crippen LogP contribution in [0.2, 0.25) is 0 Å². The zero-order valence-corrected chi connectivity index (χ0v) is 13.8. The molecule has 2 aromatic carbocycles. The first-order chi connectivity index (χ1) is 12.5. The quantitative estimate of drug-likeness (QED) is 0.361. The van der Waals surface area contributed by atoms with Gasteiger partial charge in [-0.15, -0.1) is 0 Å². The number of hydrogen-bond donors (Lipinski definition) is 0. The molecule has 1 heterocycles. The van der Waals surface area contributed by atoms with Crippen LogP contribution in [0.4, 0.5) is 10.1 Å². The highest BCUT2D eigenvalue weighted by atomic mass is 19.1. The summed E-state index contributed by atoms with van der Waals surface area (Å²) in [4.78, 5) is 10.4. The first-order valence-electron chi connectivity index (χ1n) is 7.71. The van der Waals surface area contributed by atoms with E-state index in [-0.39, 0.29) is 11.3 Å². The number of halogens is 1. The van der Waals surface area contributed by atoms with Gasteiger partial charge >= 0.3 is 0 Å². The Labute approximate surface area is 148 Å². The number of benzene rings is 2.